The molecule has 134 valence electrons. The van der Waals surface area contributed by atoms with Crippen molar-refractivity contribution in [3.8, 4) is 0 Å². The Morgan fingerprint density at radius 1 is 1.32 bits per heavy atom. The molecule has 1 aromatic heterocycles. The highest BCUT2D eigenvalue weighted by atomic mass is 32.2. The van der Waals surface area contributed by atoms with E-state index in [-0.39, 0.29) is 0 Å². The summed E-state index contributed by atoms with van der Waals surface area (Å²) in [6.45, 7) is 1.18. The number of anilines is 1. The van der Waals surface area contributed by atoms with Crippen LogP contribution in [0.5, 0.6) is 0 Å². The van der Waals surface area contributed by atoms with Gasteiger partial charge in [0.15, 0.2) is 4.90 Å². The highest BCUT2D eigenvalue weighted by Crippen LogP contribution is 2.37. The number of sulfonamides is 1. The van der Waals surface area contributed by atoms with E-state index in [1.807, 2.05) is 24.3 Å². The Labute approximate surface area is 145 Å². The number of nitro benzene ring substituents is 1. The van der Waals surface area contributed by atoms with Crippen LogP contribution in [0.2, 0.25) is 0 Å². The monoisotopic (exact) mass is 365 g/mol. The molecule has 0 radical (unpaired) electrons. The average molecular weight is 365 g/mol. The zero-order chi connectivity index (χ0) is 18.2. The summed E-state index contributed by atoms with van der Waals surface area (Å²) in [4.78, 5) is 12.2. The van der Waals surface area contributed by atoms with Crippen molar-refractivity contribution in [2.45, 2.75) is 23.7 Å². The van der Waals surface area contributed by atoms with Gasteiger partial charge in [-0.25, -0.2) is 13.6 Å². The van der Waals surface area contributed by atoms with Crippen LogP contribution in [0.4, 0.5) is 11.4 Å². The van der Waals surface area contributed by atoms with Crippen molar-refractivity contribution in [3.63, 3.8) is 0 Å². The van der Waals surface area contributed by atoms with Crippen LogP contribution >= 0.6 is 0 Å². The lowest BCUT2D eigenvalue weighted by molar-refractivity contribution is -0.387. The van der Waals surface area contributed by atoms with Crippen LogP contribution < -0.4 is 10.0 Å². The molecule has 2 aromatic rings. The van der Waals surface area contributed by atoms with E-state index in [4.69, 9.17) is 5.14 Å². The summed E-state index contributed by atoms with van der Waals surface area (Å²) in [5, 5.41) is 20.8. The Hall–Kier alpha value is -2.46. The van der Waals surface area contributed by atoms with Gasteiger partial charge in [0.1, 0.15) is 5.69 Å². The van der Waals surface area contributed by atoms with Gasteiger partial charge in [0, 0.05) is 26.3 Å². The van der Waals surface area contributed by atoms with Crippen molar-refractivity contribution >= 4 is 21.4 Å². The van der Waals surface area contributed by atoms with Crippen LogP contribution in [0.15, 0.2) is 35.5 Å². The van der Waals surface area contributed by atoms with E-state index in [1.165, 1.54) is 12.1 Å². The fourth-order valence-electron chi connectivity index (χ4n) is 3.28. The molecule has 1 saturated heterocycles. The second kappa shape index (κ2) is 6.45. The molecule has 1 aliphatic heterocycles. The number of benzene rings is 1. The lowest BCUT2D eigenvalue weighted by Gasteiger charge is -2.33. The number of nitrogens with zero attached hydrogens (tertiary/aromatic N) is 4. The van der Waals surface area contributed by atoms with Crippen molar-refractivity contribution in [1.29, 1.82) is 0 Å². The average Bonchev–Trinajstić information content (AvgIpc) is 3.00. The molecule has 1 aromatic carbocycles. The van der Waals surface area contributed by atoms with E-state index in [0.29, 0.717) is 24.7 Å². The molecule has 0 atom stereocenters. The molecule has 2 N–H and O–H groups in total. The first kappa shape index (κ1) is 17.4. The molecule has 3 rings (SSSR count). The van der Waals surface area contributed by atoms with Gasteiger partial charge in [0.2, 0.25) is 10.0 Å². The number of aryl methyl sites for hydroxylation is 1. The van der Waals surface area contributed by atoms with E-state index in [0.717, 1.165) is 18.4 Å². The van der Waals surface area contributed by atoms with Crippen LogP contribution in [0.25, 0.3) is 0 Å². The maximum Gasteiger partial charge on any atom is 0.312 e. The van der Waals surface area contributed by atoms with Crippen molar-refractivity contribution in [1.82, 2.24) is 9.78 Å². The predicted octanol–water partition coefficient (Wildman–Crippen LogP) is 1.36. The predicted molar refractivity (Wildman–Crippen MR) is 91.9 cm³/mol. The van der Waals surface area contributed by atoms with Crippen molar-refractivity contribution in [2.24, 2.45) is 12.2 Å². The SMILES string of the molecule is Cn1cc(C2CCN(c3cccc(S(N)(=O)=O)c3[N+](=O)[O-])CC2)cn1. The van der Waals surface area contributed by atoms with E-state index in [2.05, 4.69) is 5.10 Å². The van der Waals surface area contributed by atoms with Gasteiger partial charge in [0.25, 0.3) is 0 Å². The Morgan fingerprint density at radius 2 is 2.00 bits per heavy atom. The number of para-hydroxylation sites is 1. The largest absolute Gasteiger partial charge is 0.366 e. The normalized spacial score (nSPS) is 16.2. The third kappa shape index (κ3) is 3.49. The van der Waals surface area contributed by atoms with E-state index < -0.39 is 25.5 Å². The van der Waals surface area contributed by atoms with Gasteiger partial charge >= 0.3 is 5.69 Å². The molecular weight excluding hydrogens is 346 g/mol. The van der Waals surface area contributed by atoms with Crippen LogP contribution in [-0.2, 0) is 17.1 Å². The summed E-state index contributed by atoms with van der Waals surface area (Å²) in [5.74, 6) is 0.338. The van der Waals surface area contributed by atoms with Crippen LogP contribution in [0.1, 0.15) is 24.3 Å². The third-order valence-electron chi connectivity index (χ3n) is 4.50. The molecule has 25 heavy (non-hydrogen) atoms. The smallest absolute Gasteiger partial charge is 0.312 e. The van der Waals surface area contributed by atoms with Gasteiger partial charge in [-0.3, -0.25) is 14.8 Å². The first-order chi connectivity index (χ1) is 11.8. The zero-order valence-corrected chi connectivity index (χ0v) is 14.5. The molecule has 0 unspecified atom stereocenters. The first-order valence-corrected chi connectivity index (χ1v) is 9.35. The second-order valence-corrected chi connectivity index (χ2v) is 7.66. The Morgan fingerprint density at radius 3 is 2.52 bits per heavy atom. The Kier molecular flexibility index (Phi) is 4.48. The minimum Gasteiger partial charge on any atom is -0.366 e. The number of primary sulfonamides is 1. The van der Waals surface area contributed by atoms with Crippen LogP contribution in [0, 0.1) is 10.1 Å². The number of hydrogen-bond donors (Lipinski definition) is 1. The summed E-state index contributed by atoms with van der Waals surface area (Å²) >= 11 is 0. The van der Waals surface area contributed by atoms with Gasteiger partial charge in [-0.2, -0.15) is 5.10 Å². The molecule has 0 aliphatic carbocycles. The zero-order valence-electron chi connectivity index (χ0n) is 13.7. The fraction of sp³-hybridized carbons (Fsp3) is 0.400. The van der Waals surface area contributed by atoms with Crippen LogP contribution in [-0.4, -0.2) is 36.2 Å². The van der Waals surface area contributed by atoms with Crippen molar-refractivity contribution in [2.75, 3.05) is 18.0 Å². The molecule has 0 spiro atoms. The molecule has 2 heterocycles. The number of rotatable bonds is 4. The number of nitrogens with two attached hydrogens (primary N) is 1. The molecule has 0 saturated carbocycles. The van der Waals surface area contributed by atoms with Crippen LogP contribution in [0.3, 0.4) is 0 Å². The minimum atomic E-state index is -4.17. The lowest BCUT2D eigenvalue weighted by Crippen LogP contribution is -2.33. The van der Waals surface area contributed by atoms with Gasteiger partial charge in [-0.15, -0.1) is 0 Å². The van der Waals surface area contributed by atoms with E-state index in [1.54, 1.807) is 10.7 Å². The first-order valence-electron chi connectivity index (χ1n) is 7.81. The second-order valence-electron chi connectivity index (χ2n) is 6.13. The molecule has 1 aliphatic rings. The number of hydrogen-bond acceptors (Lipinski definition) is 6. The molecule has 0 bridgehead atoms. The highest BCUT2D eigenvalue weighted by Gasteiger charge is 2.31. The maximum atomic E-state index is 11.7. The Bertz CT molecular complexity index is 900. The molecular formula is C15H19N5O4S. The lowest BCUT2D eigenvalue weighted by atomic mass is 9.91. The number of nitro groups is 1. The third-order valence-corrected chi connectivity index (χ3v) is 5.44. The van der Waals surface area contributed by atoms with Gasteiger partial charge in [0.05, 0.1) is 11.1 Å². The number of piperidine rings is 1. The Balaban J connectivity index is 1.87. The molecule has 1 fully saturated rings. The van der Waals surface area contributed by atoms with Crippen molar-refractivity contribution < 1.29 is 13.3 Å². The van der Waals surface area contributed by atoms with Gasteiger partial charge in [-0.05, 0) is 36.5 Å². The van der Waals surface area contributed by atoms with E-state index in [9.17, 15) is 18.5 Å². The summed E-state index contributed by atoms with van der Waals surface area (Å²) < 4.78 is 25.1. The standard InChI is InChI=1S/C15H19N5O4S/c1-18-10-12(9-17-18)11-5-7-19(8-6-11)13-3-2-4-14(25(16,23)24)15(13)20(21)22/h2-4,9-11H,5-8H2,1H3,(H2,16,23,24). The summed E-state index contributed by atoms with van der Waals surface area (Å²) in [6.07, 6.45) is 5.43. The molecule has 9 nitrogen and oxygen atoms in total. The topological polar surface area (TPSA) is 124 Å². The maximum absolute atomic E-state index is 11.7. The van der Waals surface area contributed by atoms with Gasteiger partial charge in [-0.1, -0.05) is 6.07 Å². The van der Waals surface area contributed by atoms with Gasteiger partial charge < -0.3 is 4.90 Å². The van der Waals surface area contributed by atoms with E-state index >= 15 is 0 Å². The summed E-state index contributed by atoms with van der Waals surface area (Å²) in [6, 6.07) is 4.21. The quantitative estimate of drug-likeness (QED) is 0.644. The molecule has 0 amide bonds. The van der Waals surface area contributed by atoms with Crippen molar-refractivity contribution in [3.05, 3.63) is 46.3 Å². The minimum absolute atomic E-state index is 0.293. The highest BCUT2D eigenvalue weighted by molar-refractivity contribution is 7.89. The molecule has 10 heteroatoms. The summed E-state index contributed by atoms with van der Waals surface area (Å²) in [7, 11) is -2.31. The number of aromatic nitrogens is 2. The summed E-state index contributed by atoms with van der Waals surface area (Å²) in [5.41, 5.74) is 0.987. The fourth-order valence-corrected chi connectivity index (χ4v) is 4.00.